The minimum Gasteiger partial charge on any atom is -0.495 e. The van der Waals surface area contributed by atoms with Crippen LogP contribution < -0.4 is 14.8 Å². The Morgan fingerprint density at radius 3 is 2.39 bits per heavy atom. The number of piperidine rings is 1. The molecule has 0 aliphatic carbocycles. The van der Waals surface area contributed by atoms with Crippen molar-refractivity contribution in [2.45, 2.75) is 24.2 Å². The van der Waals surface area contributed by atoms with Crippen LogP contribution in [0.2, 0.25) is 5.02 Å². The average Bonchev–Trinajstić information content (AvgIpc) is 2.78. The second-order valence-electron chi connectivity index (χ2n) is 7.04. The monoisotopic (exact) mass is 464 g/mol. The molecule has 2 aromatic carbocycles. The number of amides is 1. The van der Waals surface area contributed by atoms with Crippen LogP contribution in [-0.2, 0) is 14.8 Å². The summed E-state index contributed by atoms with van der Waals surface area (Å²) < 4.78 is 38.2. The highest BCUT2D eigenvalue weighted by Crippen LogP contribution is 2.30. The van der Waals surface area contributed by atoms with Gasteiger partial charge in [0, 0.05) is 24.2 Å². The van der Waals surface area contributed by atoms with Crippen LogP contribution in [0.3, 0.4) is 0 Å². The summed E-state index contributed by atoms with van der Waals surface area (Å²) in [6, 6.07) is 9.71. The summed E-state index contributed by atoms with van der Waals surface area (Å²) in [6.45, 7) is 0.991. The van der Waals surface area contributed by atoms with Crippen molar-refractivity contribution in [2.75, 3.05) is 32.6 Å². The molecule has 1 fully saturated rings. The van der Waals surface area contributed by atoms with Crippen molar-refractivity contribution in [3.05, 3.63) is 53.1 Å². The molecule has 0 saturated carbocycles. The lowest BCUT2D eigenvalue weighted by Gasteiger charge is -2.26. The first kappa shape index (κ1) is 23.1. The SMILES string of the molecule is COc1ccc(Cl)cc1NC(=O)C=Cc1ccc(OC)c(S(=O)(=O)N2CCCCC2)c1. The van der Waals surface area contributed by atoms with E-state index in [1.54, 1.807) is 36.4 Å². The van der Waals surface area contributed by atoms with Crippen molar-refractivity contribution in [1.82, 2.24) is 4.31 Å². The summed E-state index contributed by atoms with van der Waals surface area (Å²) in [6.07, 6.45) is 5.57. The summed E-state index contributed by atoms with van der Waals surface area (Å²) in [5, 5.41) is 3.17. The van der Waals surface area contributed by atoms with Crippen LogP contribution in [0.15, 0.2) is 47.4 Å². The Balaban J connectivity index is 1.82. The first-order chi connectivity index (χ1) is 14.8. The van der Waals surface area contributed by atoms with Crippen LogP contribution in [0.5, 0.6) is 11.5 Å². The maximum absolute atomic E-state index is 13.1. The summed E-state index contributed by atoms with van der Waals surface area (Å²) in [4.78, 5) is 12.5. The van der Waals surface area contributed by atoms with Gasteiger partial charge in [-0.15, -0.1) is 0 Å². The predicted octanol–water partition coefficient (Wildman–Crippen LogP) is 4.18. The number of carbonyl (C=O) groups excluding carboxylic acids is 1. The van der Waals surface area contributed by atoms with Gasteiger partial charge in [0.05, 0.1) is 19.9 Å². The number of hydrogen-bond donors (Lipinski definition) is 1. The van der Waals surface area contributed by atoms with Gasteiger partial charge in [-0.25, -0.2) is 8.42 Å². The molecular formula is C22H25ClN2O5S. The van der Waals surface area contributed by atoms with Gasteiger partial charge in [0.25, 0.3) is 0 Å². The molecule has 0 radical (unpaired) electrons. The smallest absolute Gasteiger partial charge is 0.248 e. The highest BCUT2D eigenvalue weighted by Gasteiger charge is 2.29. The Bertz CT molecular complexity index is 1080. The molecular weight excluding hydrogens is 440 g/mol. The Morgan fingerprint density at radius 1 is 1.03 bits per heavy atom. The van der Waals surface area contributed by atoms with E-state index in [2.05, 4.69) is 5.32 Å². The fraction of sp³-hybridized carbons (Fsp3) is 0.318. The number of halogens is 1. The van der Waals surface area contributed by atoms with Gasteiger partial charge >= 0.3 is 0 Å². The first-order valence-electron chi connectivity index (χ1n) is 9.86. The second-order valence-corrected chi connectivity index (χ2v) is 9.39. The molecule has 0 atom stereocenters. The molecule has 2 aromatic rings. The quantitative estimate of drug-likeness (QED) is 0.621. The van der Waals surface area contributed by atoms with Gasteiger partial charge in [-0.3, -0.25) is 4.79 Å². The van der Waals surface area contributed by atoms with Crippen molar-refractivity contribution in [3.63, 3.8) is 0 Å². The lowest BCUT2D eigenvalue weighted by Crippen LogP contribution is -2.35. The third-order valence-electron chi connectivity index (χ3n) is 4.97. The number of methoxy groups -OCH3 is 2. The van der Waals surface area contributed by atoms with Crippen LogP contribution in [-0.4, -0.2) is 45.9 Å². The van der Waals surface area contributed by atoms with Gasteiger partial charge in [-0.1, -0.05) is 24.1 Å². The zero-order valence-corrected chi connectivity index (χ0v) is 19.0. The standard InChI is InChI=1S/C22H25ClN2O5S/c1-29-19-10-8-17(23)15-18(19)24-22(26)11-7-16-6-9-20(30-2)21(14-16)31(27,28)25-12-4-3-5-13-25/h6-11,14-15H,3-5,12-13H2,1-2H3,(H,24,26). The molecule has 0 bridgehead atoms. The van der Waals surface area contributed by atoms with Crippen LogP contribution in [0.1, 0.15) is 24.8 Å². The molecule has 1 heterocycles. The number of carbonyl (C=O) groups is 1. The van der Waals surface area contributed by atoms with Crippen LogP contribution in [0, 0.1) is 0 Å². The molecule has 31 heavy (non-hydrogen) atoms. The fourth-order valence-corrected chi connectivity index (χ4v) is 5.25. The van der Waals surface area contributed by atoms with Crippen molar-refractivity contribution in [2.24, 2.45) is 0 Å². The van der Waals surface area contributed by atoms with E-state index in [1.807, 2.05) is 0 Å². The molecule has 7 nitrogen and oxygen atoms in total. The molecule has 0 aromatic heterocycles. The molecule has 1 aliphatic rings. The molecule has 1 saturated heterocycles. The van der Waals surface area contributed by atoms with E-state index in [-0.39, 0.29) is 10.6 Å². The van der Waals surface area contributed by atoms with E-state index in [9.17, 15) is 13.2 Å². The second kappa shape index (κ2) is 10.2. The van der Waals surface area contributed by atoms with E-state index in [0.29, 0.717) is 35.1 Å². The number of ether oxygens (including phenoxy) is 2. The number of nitrogens with one attached hydrogen (secondary N) is 1. The van der Waals surface area contributed by atoms with Crippen molar-refractivity contribution < 1.29 is 22.7 Å². The van der Waals surface area contributed by atoms with Gasteiger partial charge < -0.3 is 14.8 Å². The van der Waals surface area contributed by atoms with Gasteiger partial charge in [0.15, 0.2) is 0 Å². The zero-order valence-electron chi connectivity index (χ0n) is 17.4. The van der Waals surface area contributed by atoms with E-state index in [0.717, 1.165) is 19.3 Å². The number of sulfonamides is 1. The van der Waals surface area contributed by atoms with E-state index in [1.165, 1.54) is 30.7 Å². The number of benzene rings is 2. The highest BCUT2D eigenvalue weighted by atomic mass is 35.5. The van der Waals surface area contributed by atoms with E-state index >= 15 is 0 Å². The molecule has 9 heteroatoms. The normalized spacial score (nSPS) is 15.1. The predicted molar refractivity (Wildman–Crippen MR) is 121 cm³/mol. The van der Waals surface area contributed by atoms with Gasteiger partial charge in [-0.2, -0.15) is 4.31 Å². The van der Waals surface area contributed by atoms with Crippen LogP contribution >= 0.6 is 11.6 Å². The number of rotatable bonds is 7. The first-order valence-corrected chi connectivity index (χ1v) is 11.7. The van der Waals surface area contributed by atoms with Gasteiger partial charge in [-0.05, 0) is 54.8 Å². The largest absolute Gasteiger partial charge is 0.495 e. The Labute approximate surface area is 187 Å². The Hall–Kier alpha value is -2.55. The van der Waals surface area contributed by atoms with Crippen molar-refractivity contribution >= 4 is 39.3 Å². The molecule has 1 amide bonds. The maximum atomic E-state index is 13.1. The molecule has 0 unspecified atom stereocenters. The summed E-state index contributed by atoms with van der Waals surface area (Å²) >= 11 is 5.99. The van der Waals surface area contributed by atoms with E-state index < -0.39 is 15.9 Å². The Kier molecular flexibility index (Phi) is 7.59. The number of hydrogen-bond acceptors (Lipinski definition) is 5. The lowest BCUT2D eigenvalue weighted by molar-refractivity contribution is -0.111. The van der Waals surface area contributed by atoms with Crippen molar-refractivity contribution in [1.29, 1.82) is 0 Å². The van der Waals surface area contributed by atoms with Crippen molar-refractivity contribution in [3.8, 4) is 11.5 Å². The summed E-state index contributed by atoms with van der Waals surface area (Å²) in [5.74, 6) is 0.346. The minimum absolute atomic E-state index is 0.0935. The number of nitrogens with zero attached hydrogens (tertiary/aromatic N) is 1. The molecule has 166 valence electrons. The highest BCUT2D eigenvalue weighted by molar-refractivity contribution is 7.89. The Morgan fingerprint density at radius 2 is 1.71 bits per heavy atom. The molecule has 1 N–H and O–H groups in total. The third kappa shape index (κ3) is 5.58. The van der Waals surface area contributed by atoms with Gasteiger partial charge in [0.1, 0.15) is 16.4 Å². The lowest BCUT2D eigenvalue weighted by atomic mass is 10.2. The third-order valence-corrected chi connectivity index (χ3v) is 7.12. The zero-order chi connectivity index (χ0) is 22.4. The topological polar surface area (TPSA) is 84.9 Å². The molecule has 1 aliphatic heterocycles. The average molecular weight is 465 g/mol. The fourth-order valence-electron chi connectivity index (χ4n) is 3.37. The number of anilines is 1. The maximum Gasteiger partial charge on any atom is 0.248 e. The minimum atomic E-state index is -3.69. The molecule has 3 rings (SSSR count). The summed E-state index contributed by atoms with van der Waals surface area (Å²) in [7, 11) is -0.753. The van der Waals surface area contributed by atoms with Crippen LogP contribution in [0.4, 0.5) is 5.69 Å². The molecule has 0 spiro atoms. The summed E-state index contributed by atoms with van der Waals surface area (Å²) in [5.41, 5.74) is 0.998. The van der Waals surface area contributed by atoms with E-state index in [4.69, 9.17) is 21.1 Å². The van der Waals surface area contributed by atoms with Gasteiger partial charge in [0.2, 0.25) is 15.9 Å². The van der Waals surface area contributed by atoms with Crippen LogP contribution in [0.25, 0.3) is 6.08 Å².